The Hall–Kier alpha value is -2.07. The van der Waals surface area contributed by atoms with Crippen LogP contribution in [0.2, 0.25) is 10.0 Å². The molecule has 2 aromatic carbocycles. The van der Waals surface area contributed by atoms with Gasteiger partial charge in [0.1, 0.15) is 0 Å². The lowest BCUT2D eigenvalue weighted by Gasteiger charge is -2.15. The summed E-state index contributed by atoms with van der Waals surface area (Å²) >= 11 is 16.7. The molecule has 3 rings (SSSR count). The number of benzene rings is 2. The number of aryl methyl sites for hydroxylation is 1. The number of amides is 2. The van der Waals surface area contributed by atoms with Gasteiger partial charge in [-0.2, -0.15) is 0 Å². The number of thioether (sulfide) groups is 1. The van der Waals surface area contributed by atoms with Crippen molar-refractivity contribution < 1.29 is 9.59 Å². The van der Waals surface area contributed by atoms with Crippen LogP contribution in [0.3, 0.4) is 0 Å². The quantitative estimate of drug-likeness (QED) is 0.329. The molecule has 0 saturated carbocycles. The predicted octanol–water partition coefficient (Wildman–Crippen LogP) is 5.90. The van der Waals surface area contributed by atoms with Crippen LogP contribution in [0.5, 0.6) is 0 Å². The fourth-order valence-corrected chi connectivity index (χ4v) is 4.41. The third kappa shape index (κ3) is 6.50. The van der Waals surface area contributed by atoms with Crippen LogP contribution in [0.25, 0.3) is 0 Å². The summed E-state index contributed by atoms with van der Waals surface area (Å²) in [6, 6.07) is 9.92. The van der Waals surface area contributed by atoms with Gasteiger partial charge < -0.3 is 15.2 Å². The van der Waals surface area contributed by atoms with E-state index < -0.39 is 6.04 Å². The second kappa shape index (κ2) is 11.4. The highest BCUT2D eigenvalue weighted by molar-refractivity contribution is 9.10. The fourth-order valence-electron chi connectivity index (χ4n) is 3.06. The van der Waals surface area contributed by atoms with Crippen molar-refractivity contribution in [3.63, 3.8) is 0 Å². The lowest BCUT2D eigenvalue weighted by molar-refractivity contribution is -0.113. The van der Waals surface area contributed by atoms with Gasteiger partial charge in [-0.15, -0.1) is 10.2 Å². The Morgan fingerprint density at radius 3 is 2.58 bits per heavy atom. The van der Waals surface area contributed by atoms with Crippen molar-refractivity contribution in [3.05, 3.63) is 67.9 Å². The van der Waals surface area contributed by atoms with Crippen LogP contribution in [-0.2, 0) is 11.3 Å². The van der Waals surface area contributed by atoms with Crippen LogP contribution < -0.4 is 10.6 Å². The highest BCUT2D eigenvalue weighted by Gasteiger charge is 2.20. The zero-order chi connectivity index (χ0) is 24.1. The Balaban J connectivity index is 1.63. The van der Waals surface area contributed by atoms with Crippen molar-refractivity contribution in [1.82, 2.24) is 20.1 Å². The molecule has 3 aromatic rings. The smallest absolute Gasteiger partial charge is 0.251 e. The molecule has 0 aliphatic carbocycles. The minimum absolute atomic E-state index is 0.144. The van der Waals surface area contributed by atoms with E-state index in [4.69, 9.17) is 23.2 Å². The van der Waals surface area contributed by atoms with Crippen molar-refractivity contribution in [1.29, 1.82) is 0 Å². The first-order valence-corrected chi connectivity index (χ1v) is 12.6. The summed E-state index contributed by atoms with van der Waals surface area (Å²) in [6.07, 6.45) is 0. The maximum atomic E-state index is 12.6. The molecule has 1 aromatic heterocycles. The normalized spacial score (nSPS) is 11.8. The van der Waals surface area contributed by atoms with Gasteiger partial charge in [0.05, 0.1) is 21.8 Å². The second-order valence-electron chi connectivity index (χ2n) is 7.21. The van der Waals surface area contributed by atoms with Crippen LogP contribution in [0.15, 0.2) is 46.0 Å². The zero-order valence-electron chi connectivity index (χ0n) is 18.2. The molecule has 0 fully saturated rings. The van der Waals surface area contributed by atoms with Gasteiger partial charge in [-0.3, -0.25) is 9.59 Å². The van der Waals surface area contributed by atoms with Crippen LogP contribution in [0.4, 0.5) is 5.69 Å². The molecule has 33 heavy (non-hydrogen) atoms. The first kappa shape index (κ1) is 25.6. The largest absolute Gasteiger partial charge is 0.342 e. The monoisotopic (exact) mass is 569 g/mol. The number of nitrogens with zero attached hydrogens (tertiary/aromatic N) is 3. The van der Waals surface area contributed by atoms with Gasteiger partial charge in [-0.05, 0) is 62.7 Å². The summed E-state index contributed by atoms with van der Waals surface area (Å²) in [7, 11) is 0. The van der Waals surface area contributed by atoms with Crippen LogP contribution in [-0.4, -0.2) is 32.3 Å². The number of hydrogen-bond acceptors (Lipinski definition) is 5. The minimum Gasteiger partial charge on any atom is -0.342 e. The molecule has 2 N–H and O–H groups in total. The van der Waals surface area contributed by atoms with E-state index in [1.807, 2.05) is 43.5 Å². The van der Waals surface area contributed by atoms with Gasteiger partial charge in [-0.1, -0.05) is 50.9 Å². The van der Waals surface area contributed by atoms with Gasteiger partial charge in [0.15, 0.2) is 11.0 Å². The summed E-state index contributed by atoms with van der Waals surface area (Å²) in [6.45, 7) is 6.32. The maximum absolute atomic E-state index is 12.6. The Labute approximate surface area is 214 Å². The number of carbonyl (C=O) groups excluding carboxylic acids is 2. The number of rotatable bonds is 8. The lowest BCUT2D eigenvalue weighted by atomic mass is 10.2. The number of carbonyl (C=O) groups is 2. The molecule has 1 heterocycles. The molecule has 174 valence electrons. The number of aromatic nitrogens is 3. The average molecular weight is 571 g/mol. The van der Waals surface area contributed by atoms with E-state index in [1.165, 1.54) is 17.8 Å². The molecule has 7 nitrogen and oxygen atoms in total. The number of hydrogen-bond donors (Lipinski definition) is 2. The van der Waals surface area contributed by atoms with Crippen LogP contribution in [0.1, 0.15) is 41.6 Å². The summed E-state index contributed by atoms with van der Waals surface area (Å²) < 4.78 is 2.86. The predicted molar refractivity (Wildman–Crippen MR) is 136 cm³/mol. The van der Waals surface area contributed by atoms with Gasteiger partial charge in [0.2, 0.25) is 5.91 Å². The number of nitrogens with one attached hydrogen (secondary N) is 2. The molecule has 0 spiro atoms. The first-order valence-electron chi connectivity index (χ1n) is 10.1. The number of halogens is 3. The highest BCUT2D eigenvalue weighted by atomic mass is 79.9. The van der Waals surface area contributed by atoms with E-state index in [0.717, 1.165) is 15.7 Å². The van der Waals surface area contributed by atoms with E-state index in [-0.39, 0.29) is 17.6 Å². The average Bonchev–Trinajstić information content (AvgIpc) is 3.19. The molecular formula is C22H22BrCl2N5O2S. The molecule has 0 aliphatic rings. The third-order valence-electron chi connectivity index (χ3n) is 4.75. The van der Waals surface area contributed by atoms with Crippen molar-refractivity contribution in [2.75, 3.05) is 11.1 Å². The Kier molecular flexibility index (Phi) is 8.81. The summed E-state index contributed by atoms with van der Waals surface area (Å²) in [5.41, 5.74) is 2.17. The summed E-state index contributed by atoms with van der Waals surface area (Å²) in [5, 5.41) is 15.5. The third-order valence-corrected chi connectivity index (χ3v) is 7.35. The molecule has 0 radical (unpaired) electrons. The molecular weight excluding hydrogens is 549 g/mol. The van der Waals surface area contributed by atoms with Gasteiger partial charge in [0, 0.05) is 22.3 Å². The summed E-state index contributed by atoms with van der Waals surface area (Å²) in [4.78, 5) is 25.0. The molecule has 2 amide bonds. The minimum atomic E-state index is -0.409. The van der Waals surface area contributed by atoms with E-state index in [2.05, 4.69) is 36.8 Å². The molecule has 0 bridgehead atoms. The maximum Gasteiger partial charge on any atom is 0.251 e. The highest BCUT2D eigenvalue weighted by Crippen LogP contribution is 2.25. The standard InChI is InChI=1S/C22H22BrCl2N5O2S/c1-4-30-20(13(3)26-21(32)14-5-8-17(24)18(25)10-14)28-29-22(30)33-11-19(31)27-15-6-7-16(23)12(2)9-15/h5-10,13H,4,11H2,1-3H3,(H,26,32)(H,27,31)/t13-/m0/s1. The fraction of sp³-hybridized carbons (Fsp3) is 0.273. The first-order chi connectivity index (χ1) is 15.7. The van der Waals surface area contributed by atoms with Gasteiger partial charge >= 0.3 is 0 Å². The van der Waals surface area contributed by atoms with E-state index >= 15 is 0 Å². The van der Waals surface area contributed by atoms with Gasteiger partial charge in [-0.25, -0.2) is 0 Å². The topological polar surface area (TPSA) is 88.9 Å². The van der Waals surface area contributed by atoms with E-state index in [1.54, 1.807) is 12.1 Å². The van der Waals surface area contributed by atoms with Gasteiger partial charge in [0.25, 0.3) is 5.91 Å². The molecule has 0 aliphatic heterocycles. The van der Waals surface area contributed by atoms with Crippen molar-refractivity contribution in [2.45, 2.75) is 38.5 Å². The molecule has 0 saturated heterocycles. The second-order valence-corrected chi connectivity index (χ2v) is 9.82. The Bertz CT molecular complexity index is 1190. The Morgan fingerprint density at radius 2 is 1.91 bits per heavy atom. The molecule has 11 heteroatoms. The molecule has 1 atom stereocenters. The SMILES string of the molecule is CCn1c(SCC(=O)Nc2ccc(Br)c(C)c2)nnc1[C@H](C)NC(=O)c1ccc(Cl)c(Cl)c1. The van der Waals surface area contributed by atoms with Crippen LogP contribution >= 0.6 is 50.9 Å². The van der Waals surface area contributed by atoms with Crippen LogP contribution in [0, 0.1) is 6.92 Å². The number of anilines is 1. The van der Waals surface area contributed by atoms with Crippen molar-refractivity contribution in [3.8, 4) is 0 Å². The lowest BCUT2D eigenvalue weighted by Crippen LogP contribution is -2.28. The van der Waals surface area contributed by atoms with E-state index in [9.17, 15) is 9.59 Å². The van der Waals surface area contributed by atoms with Crippen molar-refractivity contribution in [2.24, 2.45) is 0 Å². The van der Waals surface area contributed by atoms with Crippen molar-refractivity contribution >= 4 is 68.4 Å². The summed E-state index contributed by atoms with van der Waals surface area (Å²) in [5.74, 6) is 0.328. The van der Waals surface area contributed by atoms with E-state index in [0.29, 0.717) is 33.1 Å². The zero-order valence-corrected chi connectivity index (χ0v) is 22.1. The molecule has 0 unspecified atom stereocenters. The Morgan fingerprint density at radius 1 is 1.15 bits per heavy atom.